The topological polar surface area (TPSA) is 177 Å². The predicted octanol–water partition coefficient (Wildman–Crippen LogP) is 4.06. The number of likely N-dealkylation sites (N-methyl/N-ethyl adjacent to an activating group) is 2. The Morgan fingerprint density at radius 3 is 1.55 bits per heavy atom. The van der Waals surface area contributed by atoms with Gasteiger partial charge in [-0.3, -0.25) is 33.6 Å². The number of fused-ring (bicyclic) bond motifs is 1. The molecule has 0 bridgehead atoms. The molecule has 2 aliphatic rings. The second-order valence-corrected chi connectivity index (χ2v) is 19.3. The van der Waals surface area contributed by atoms with E-state index in [9.17, 15) is 33.6 Å². The van der Waals surface area contributed by atoms with E-state index in [2.05, 4.69) is 21.3 Å². The van der Waals surface area contributed by atoms with Gasteiger partial charge in [-0.25, -0.2) is 0 Å². The number of hydrogen-bond acceptors (Lipinski definition) is 7. The van der Waals surface area contributed by atoms with Crippen molar-refractivity contribution in [2.45, 2.75) is 129 Å². The molecular weight excluding hydrogens is 823 g/mol. The van der Waals surface area contributed by atoms with Crippen LogP contribution >= 0.6 is 0 Å². The lowest BCUT2D eigenvalue weighted by Crippen LogP contribution is -2.63. The minimum atomic E-state index is -1.58. The van der Waals surface area contributed by atoms with Crippen molar-refractivity contribution < 1.29 is 33.6 Å². The molecule has 7 amide bonds. The quantitative estimate of drug-likeness (QED) is 0.237. The van der Waals surface area contributed by atoms with Crippen LogP contribution < -0.4 is 21.3 Å². The van der Waals surface area contributed by atoms with Crippen molar-refractivity contribution in [1.82, 2.24) is 36.0 Å². The SMILES string of the molecule is CC(C)C[C@@H]1NC(=O)[C@H](Cc2ccccc2)NC(=O)[C@H](Cc2ccccc2)N(C)C(=O)C(Cc2ccccc2)NC(=O)C(C)(C)NC(=O)[C@H](CC(C)C)N(C)C(=O)[C@@H]2[C@@H](C)CCN2C1=O. The predicted molar refractivity (Wildman–Crippen MR) is 250 cm³/mol. The fourth-order valence-electron chi connectivity index (χ4n) is 8.79. The van der Waals surface area contributed by atoms with Gasteiger partial charge in [0.05, 0.1) is 0 Å². The van der Waals surface area contributed by atoms with E-state index >= 15 is 0 Å². The van der Waals surface area contributed by atoms with E-state index in [0.717, 1.165) is 16.7 Å². The molecule has 2 aliphatic heterocycles. The second-order valence-electron chi connectivity index (χ2n) is 19.3. The number of hydrogen-bond donors (Lipinski definition) is 4. The van der Waals surface area contributed by atoms with E-state index in [-0.39, 0.29) is 56.4 Å². The summed E-state index contributed by atoms with van der Waals surface area (Å²) < 4.78 is 0. The first-order valence-electron chi connectivity index (χ1n) is 23.0. The van der Waals surface area contributed by atoms with E-state index in [0.29, 0.717) is 6.42 Å². The second kappa shape index (κ2) is 22.2. The number of carbonyl (C=O) groups excluding carboxylic acids is 7. The van der Waals surface area contributed by atoms with Gasteiger partial charge >= 0.3 is 0 Å². The Morgan fingerprint density at radius 1 is 0.554 bits per heavy atom. The van der Waals surface area contributed by atoms with Crippen molar-refractivity contribution in [3.05, 3.63) is 108 Å². The van der Waals surface area contributed by atoms with Gasteiger partial charge in [-0.05, 0) is 67.6 Å². The summed E-state index contributed by atoms with van der Waals surface area (Å²) >= 11 is 0. The summed E-state index contributed by atoms with van der Waals surface area (Å²) in [6, 6.07) is 21.0. The summed E-state index contributed by atoms with van der Waals surface area (Å²) in [4.78, 5) is 107. The van der Waals surface area contributed by atoms with Gasteiger partial charge in [0.2, 0.25) is 41.4 Å². The molecule has 2 fully saturated rings. The number of carbonyl (C=O) groups is 7. The first-order valence-corrected chi connectivity index (χ1v) is 23.0. The minimum absolute atomic E-state index is 0.0378. The van der Waals surface area contributed by atoms with Crippen LogP contribution in [0.25, 0.3) is 0 Å². The molecule has 4 N–H and O–H groups in total. The van der Waals surface area contributed by atoms with Gasteiger partial charge in [0, 0.05) is 39.9 Å². The highest BCUT2D eigenvalue weighted by atomic mass is 16.2. The van der Waals surface area contributed by atoms with Crippen molar-refractivity contribution in [2.24, 2.45) is 17.8 Å². The highest BCUT2D eigenvalue weighted by molar-refractivity contribution is 5.99. The first-order chi connectivity index (χ1) is 30.8. The van der Waals surface area contributed by atoms with Gasteiger partial charge < -0.3 is 36.0 Å². The van der Waals surface area contributed by atoms with Crippen LogP contribution in [0.4, 0.5) is 0 Å². The Labute approximate surface area is 384 Å². The van der Waals surface area contributed by atoms with Crippen molar-refractivity contribution in [3.8, 4) is 0 Å². The normalized spacial score (nSPS) is 25.4. The molecule has 3 aromatic carbocycles. The van der Waals surface area contributed by atoms with Crippen molar-refractivity contribution in [3.63, 3.8) is 0 Å². The third-order valence-electron chi connectivity index (χ3n) is 12.6. The highest BCUT2D eigenvalue weighted by Crippen LogP contribution is 2.29. The van der Waals surface area contributed by atoms with Crippen molar-refractivity contribution in [1.29, 1.82) is 0 Å². The zero-order chi connectivity index (χ0) is 47.6. The molecule has 1 unspecified atom stereocenters. The minimum Gasteiger partial charge on any atom is -0.342 e. The Morgan fingerprint density at radius 2 is 1.03 bits per heavy atom. The molecule has 0 aliphatic carbocycles. The van der Waals surface area contributed by atoms with Gasteiger partial charge in [0.1, 0.15) is 41.8 Å². The number of rotatable bonds is 10. The van der Waals surface area contributed by atoms with Crippen LogP contribution in [0.3, 0.4) is 0 Å². The molecule has 7 atom stereocenters. The van der Waals surface area contributed by atoms with Gasteiger partial charge in [-0.1, -0.05) is 126 Å². The maximum Gasteiger partial charge on any atom is 0.246 e. The maximum absolute atomic E-state index is 14.9. The Balaban J connectivity index is 1.65. The third-order valence-corrected chi connectivity index (χ3v) is 12.6. The zero-order valence-corrected chi connectivity index (χ0v) is 39.5. The Kier molecular flexibility index (Phi) is 17.1. The molecule has 14 nitrogen and oxygen atoms in total. The molecule has 65 heavy (non-hydrogen) atoms. The lowest BCUT2D eigenvalue weighted by molar-refractivity contribution is -0.150. The molecular formula is C51H69N7O7. The van der Waals surface area contributed by atoms with Crippen LogP contribution in [0.1, 0.15) is 84.4 Å². The molecule has 0 spiro atoms. The lowest BCUT2D eigenvalue weighted by atomic mass is 9.95. The number of amides is 7. The summed E-state index contributed by atoms with van der Waals surface area (Å²) in [5, 5.41) is 11.7. The first kappa shape index (κ1) is 50.0. The smallest absolute Gasteiger partial charge is 0.246 e. The summed E-state index contributed by atoms with van der Waals surface area (Å²) in [7, 11) is 3.05. The average Bonchev–Trinajstić information content (AvgIpc) is 3.66. The van der Waals surface area contributed by atoms with Gasteiger partial charge in [0.25, 0.3) is 0 Å². The molecule has 350 valence electrons. The third kappa shape index (κ3) is 13.0. The van der Waals surface area contributed by atoms with Crippen molar-refractivity contribution >= 4 is 41.4 Å². The van der Waals surface area contributed by atoms with Gasteiger partial charge in [-0.2, -0.15) is 0 Å². The molecule has 14 heteroatoms. The summed E-state index contributed by atoms with van der Waals surface area (Å²) in [6.45, 7) is 13.0. The van der Waals surface area contributed by atoms with E-state index in [1.54, 1.807) is 7.05 Å². The van der Waals surface area contributed by atoms with Crippen LogP contribution in [-0.2, 0) is 52.8 Å². The number of nitrogens with zero attached hydrogens (tertiary/aromatic N) is 3. The Bertz CT molecular complexity index is 2130. The lowest BCUT2D eigenvalue weighted by Gasteiger charge is -2.37. The van der Waals surface area contributed by atoms with Crippen LogP contribution in [0.2, 0.25) is 0 Å². The summed E-state index contributed by atoms with van der Waals surface area (Å²) in [5.74, 6) is -4.22. The van der Waals surface area contributed by atoms with Gasteiger partial charge in [0.15, 0.2) is 0 Å². The monoisotopic (exact) mass is 892 g/mol. The largest absolute Gasteiger partial charge is 0.342 e. The van der Waals surface area contributed by atoms with Crippen molar-refractivity contribution in [2.75, 3.05) is 20.6 Å². The van der Waals surface area contributed by atoms with Crippen LogP contribution in [0.5, 0.6) is 0 Å². The molecule has 0 saturated carbocycles. The molecule has 2 heterocycles. The van der Waals surface area contributed by atoms with Crippen LogP contribution in [0.15, 0.2) is 91.0 Å². The van der Waals surface area contributed by atoms with E-state index in [4.69, 9.17) is 0 Å². The standard InChI is InChI=1S/C51H69N7O7/c1-32(2)27-39-48(63)58-26-25-34(5)43(58)49(64)57(9)41(28-33(3)4)46(61)55-51(6,7)50(65)54-40(30-36-21-15-11-16-22-36)47(62)56(8)42(31-37-23-17-12-18-24-37)45(60)52-38(44(59)53-39)29-35-19-13-10-14-20-35/h10-24,32-34,38-43H,25-31H2,1-9H3,(H,52,60)(H,53,59)(H,54,65)(H,55,61)/t34-,38-,39-,40?,41-,42-,43-/m0/s1. The number of nitrogens with one attached hydrogen (secondary N) is 4. The fraction of sp³-hybridized carbons (Fsp3) is 0.510. The zero-order valence-electron chi connectivity index (χ0n) is 39.5. The molecule has 0 radical (unpaired) electrons. The number of benzene rings is 3. The fourth-order valence-corrected chi connectivity index (χ4v) is 8.79. The maximum atomic E-state index is 14.9. The molecule has 5 rings (SSSR count). The van der Waals surface area contributed by atoms with E-state index in [1.165, 1.54) is 35.6 Å². The van der Waals surface area contributed by atoms with E-state index < -0.39 is 83.1 Å². The highest BCUT2D eigenvalue weighted by Gasteiger charge is 2.46. The average molecular weight is 892 g/mol. The molecule has 2 saturated heterocycles. The van der Waals surface area contributed by atoms with E-state index in [1.807, 2.05) is 126 Å². The van der Waals surface area contributed by atoms with Gasteiger partial charge in [-0.15, -0.1) is 0 Å². The van der Waals surface area contributed by atoms with Crippen LogP contribution in [-0.4, -0.2) is 118 Å². The summed E-state index contributed by atoms with van der Waals surface area (Å²) in [5.41, 5.74) is 0.673. The molecule has 0 aromatic heterocycles. The van der Waals surface area contributed by atoms with Crippen LogP contribution in [0, 0.1) is 17.8 Å². The Hall–Kier alpha value is -6.05. The molecule has 3 aromatic rings. The summed E-state index contributed by atoms with van der Waals surface area (Å²) in [6.07, 6.45) is 1.25.